The maximum atomic E-state index is 10.7. The molecule has 0 atom stereocenters. The smallest absolute Gasteiger partial charge is 0.219 e. The summed E-state index contributed by atoms with van der Waals surface area (Å²) in [6, 6.07) is 0. The minimum absolute atomic E-state index is 0.134. The molecule has 2 nitrogen and oxygen atoms in total. The second-order valence-electron chi connectivity index (χ2n) is 2.45. The van der Waals surface area contributed by atoms with E-state index in [0.717, 1.165) is 19.3 Å². The Balaban J connectivity index is 3.14. The zero-order chi connectivity index (χ0) is 8.53. The number of carbonyl (C=O) groups excluding carboxylic acids is 1. The van der Waals surface area contributed by atoms with Crippen LogP contribution in [0, 0.1) is 0 Å². The highest BCUT2D eigenvalue weighted by molar-refractivity contribution is 5.75. The lowest BCUT2D eigenvalue weighted by molar-refractivity contribution is -0.120. The fraction of sp³-hybridized carbons (Fsp3) is 0.667. The first kappa shape index (κ1) is 10.2. The molecule has 11 heavy (non-hydrogen) atoms. The maximum Gasteiger partial charge on any atom is 0.219 e. The molecule has 0 saturated heterocycles. The average Bonchev–Trinajstić information content (AvgIpc) is 2.04. The first-order chi connectivity index (χ1) is 5.31. The Morgan fingerprint density at radius 1 is 1.45 bits per heavy atom. The van der Waals surface area contributed by atoms with Crippen molar-refractivity contribution in [2.45, 2.75) is 32.6 Å². The summed E-state index contributed by atoms with van der Waals surface area (Å²) in [6.07, 6.45) is 7.95. The third kappa shape index (κ3) is 7.10. The van der Waals surface area contributed by atoms with Crippen molar-refractivity contribution in [2.75, 3.05) is 7.05 Å². The highest BCUT2D eigenvalue weighted by atomic mass is 16.1. The van der Waals surface area contributed by atoms with Crippen molar-refractivity contribution in [2.24, 2.45) is 0 Å². The molecule has 1 N–H and O–H groups in total. The Morgan fingerprint density at radius 3 is 2.73 bits per heavy atom. The zero-order valence-electron chi connectivity index (χ0n) is 7.39. The first-order valence-electron chi connectivity index (χ1n) is 4.16. The number of allylic oxidation sites excluding steroid dienone is 2. The van der Waals surface area contributed by atoms with E-state index in [2.05, 4.69) is 24.4 Å². The Morgan fingerprint density at radius 2 is 2.18 bits per heavy atom. The Labute approximate surface area is 68.7 Å². The van der Waals surface area contributed by atoms with Crippen molar-refractivity contribution >= 4 is 5.91 Å². The summed E-state index contributed by atoms with van der Waals surface area (Å²) in [4.78, 5) is 10.7. The van der Waals surface area contributed by atoms with E-state index in [4.69, 9.17) is 0 Å². The molecule has 1 amide bonds. The third-order valence-electron chi connectivity index (χ3n) is 1.46. The molecule has 0 radical (unpaired) electrons. The van der Waals surface area contributed by atoms with Crippen LogP contribution in [0.4, 0.5) is 0 Å². The van der Waals surface area contributed by atoms with Gasteiger partial charge in [0, 0.05) is 13.5 Å². The van der Waals surface area contributed by atoms with Gasteiger partial charge in [-0.15, -0.1) is 0 Å². The van der Waals surface area contributed by atoms with Crippen molar-refractivity contribution in [3.05, 3.63) is 12.2 Å². The molecule has 2 heteroatoms. The van der Waals surface area contributed by atoms with Crippen molar-refractivity contribution < 1.29 is 4.79 Å². The fourth-order valence-corrected chi connectivity index (χ4v) is 0.790. The molecule has 0 aromatic rings. The zero-order valence-corrected chi connectivity index (χ0v) is 7.39. The predicted octanol–water partition coefficient (Wildman–Crippen LogP) is 1.87. The van der Waals surface area contributed by atoms with Crippen LogP contribution >= 0.6 is 0 Å². The lowest BCUT2D eigenvalue weighted by atomic mass is 10.2. The summed E-state index contributed by atoms with van der Waals surface area (Å²) in [5.74, 6) is 0.134. The molecule has 0 saturated carbocycles. The SMILES string of the molecule is CC/C=C\CCCC(=O)NC. The van der Waals surface area contributed by atoms with E-state index >= 15 is 0 Å². The molecular weight excluding hydrogens is 138 g/mol. The van der Waals surface area contributed by atoms with E-state index in [1.807, 2.05) is 0 Å². The summed E-state index contributed by atoms with van der Waals surface area (Å²) in [5.41, 5.74) is 0. The van der Waals surface area contributed by atoms with Crippen LogP contribution in [-0.2, 0) is 4.79 Å². The van der Waals surface area contributed by atoms with Crippen LogP contribution in [0.3, 0.4) is 0 Å². The number of hydrogen-bond acceptors (Lipinski definition) is 1. The van der Waals surface area contributed by atoms with Crippen LogP contribution in [0.25, 0.3) is 0 Å². The number of nitrogens with one attached hydrogen (secondary N) is 1. The van der Waals surface area contributed by atoms with Crippen LogP contribution in [0.2, 0.25) is 0 Å². The number of unbranched alkanes of at least 4 members (excludes halogenated alkanes) is 1. The van der Waals surface area contributed by atoms with Gasteiger partial charge >= 0.3 is 0 Å². The molecule has 0 unspecified atom stereocenters. The minimum Gasteiger partial charge on any atom is -0.359 e. The highest BCUT2D eigenvalue weighted by Crippen LogP contribution is 1.96. The normalized spacial score (nSPS) is 10.4. The van der Waals surface area contributed by atoms with Crippen molar-refractivity contribution in [3.8, 4) is 0 Å². The number of hydrogen-bond donors (Lipinski definition) is 1. The van der Waals surface area contributed by atoms with Crippen LogP contribution in [0.5, 0.6) is 0 Å². The Bertz CT molecular complexity index is 130. The Hall–Kier alpha value is -0.790. The maximum absolute atomic E-state index is 10.7. The average molecular weight is 155 g/mol. The van der Waals surface area contributed by atoms with E-state index in [0.29, 0.717) is 6.42 Å². The van der Waals surface area contributed by atoms with Crippen LogP contribution < -0.4 is 5.32 Å². The first-order valence-corrected chi connectivity index (χ1v) is 4.16. The predicted molar refractivity (Wildman–Crippen MR) is 47.3 cm³/mol. The molecule has 0 aliphatic heterocycles. The molecule has 0 aromatic carbocycles. The van der Waals surface area contributed by atoms with Crippen molar-refractivity contribution in [1.29, 1.82) is 0 Å². The van der Waals surface area contributed by atoms with Gasteiger partial charge in [0.25, 0.3) is 0 Å². The summed E-state index contributed by atoms with van der Waals surface area (Å²) in [7, 11) is 1.67. The lowest BCUT2D eigenvalue weighted by Crippen LogP contribution is -2.16. The summed E-state index contributed by atoms with van der Waals surface area (Å²) in [6.45, 7) is 2.11. The molecule has 0 heterocycles. The van der Waals surface area contributed by atoms with Gasteiger partial charge in [-0.25, -0.2) is 0 Å². The van der Waals surface area contributed by atoms with Gasteiger partial charge in [0.05, 0.1) is 0 Å². The molecule has 0 aliphatic carbocycles. The summed E-state index contributed by atoms with van der Waals surface area (Å²) in [5, 5.41) is 2.59. The van der Waals surface area contributed by atoms with Gasteiger partial charge in [-0.05, 0) is 19.3 Å². The second kappa shape index (κ2) is 7.32. The molecule has 0 rings (SSSR count). The molecule has 0 aliphatic rings. The minimum atomic E-state index is 0.134. The van der Waals surface area contributed by atoms with E-state index in [1.165, 1.54) is 0 Å². The van der Waals surface area contributed by atoms with E-state index in [1.54, 1.807) is 7.05 Å². The molecule has 64 valence electrons. The van der Waals surface area contributed by atoms with Crippen molar-refractivity contribution in [1.82, 2.24) is 5.32 Å². The molecular formula is C9H17NO. The van der Waals surface area contributed by atoms with Gasteiger partial charge in [-0.2, -0.15) is 0 Å². The van der Waals surface area contributed by atoms with Gasteiger partial charge in [-0.1, -0.05) is 19.1 Å². The second-order valence-corrected chi connectivity index (χ2v) is 2.45. The van der Waals surface area contributed by atoms with E-state index in [-0.39, 0.29) is 5.91 Å². The van der Waals surface area contributed by atoms with Crippen molar-refractivity contribution in [3.63, 3.8) is 0 Å². The molecule has 0 spiro atoms. The molecule has 0 fully saturated rings. The van der Waals surface area contributed by atoms with Gasteiger partial charge in [0.1, 0.15) is 0 Å². The van der Waals surface area contributed by atoms with Gasteiger partial charge in [-0.3, -0.25) is 4.79 Å². The van der Waals surface area contributed by atoms with Gasteiger partial charge in [0.15, 0.2) is 0 Å². The summed E-state index contributed by atoms with van der Waals surface area (Å²) < 4.78 is 0. The monoisotopic (exact) mass is 155 g/mol. The Kier molecular flexibility index (Phi) is 6.79. The third-order valence-corrected chi connectivity index (χ3v) is 1.46. The van der Waals surface area contributed by atoms with E-state index < -0.39 is 0 Å². The van der Waals surface area contributed by atoms with Crippen LogP contribution in [0.1, 0.15) is 32.6 Å². The van der Waals surface area contributed by atoms with Gasteiger partial charge < -0.3 is 5.32 Å². The number of amides is 1. The summed E-state index contributed by atoms with van der Waals surface area (Å²) >= 11 is 0. The van der Waals surface area contributed by atoms with E-state index in [9.17, 15) is 4.79 Å². The molecule has 0 bridgehead atoms. The van der Waals surface area contributed by atoms with Gasteiger partial charge in [0.2, 0.25) is 5.91 Å². The number of carbonyl (C=O) groups is 1. The van der Waals surface area contributed by atoms with Crippen LogP contribution in [-0.4, -0.2) is 13.0 Å². The van der Waals surface area contributed by atoms with Crippen LogP contribution in [0.15, 0.2) is 12.2 Å². The lowest BCUT2D eigenvalue weighted by Gasteiger charge is -1.95. The largest absolute Gasteiger partial charge is 0.359 e. The molecule has 0 aromatic heterocycles. The topological polar surface area (TPSA) is 29.1 Å². The number of rotatable bonds is 5. The highest BCUT2D eigenvalue weighted by Gasteiger charge is 1.93. The standard InChI is InChI=1S/C9H17NO/c1-3-4-5-6-7-8-9(11)10-2/h4-5H,3,6-8H2,1-2H3,(H,10,11)/b5-4-. The quantitative estimate of drug-likeness (QED) is 0.476. The fourth-order valence-electron chi connectivity index (χ4n) is 0.790.